The predicted octanol–water partition coefficient (Wildman–Crippen LogP) is 2.94. The largest absolute Gasteiger partial charge is 0.383 e. The van der Waals surface area contributed by atoms with E-state index in [1.165, 1.54) is 17.5 Å². The number of hydrogen-bond acceptors (Lipinski definition) is 5. The van der Waals surface area contributed by atoms with E-state index in [0.29, 0.717) is 10.7 Å². The van der Waals surface area contributed by atoms with Gasteiger partial charge in [-0.25, -0.2) is 18.1 Å². The molecule has 1 atom stereocenters. The van der Waals surface area contributed by atoms with Gasteiger partial charge in [0.25, 0.3) is 10.0 Å². The summed E-state index contributed by atoms with van der Waals surface area (Å²) in [5.74, 6) is 0.812. The molecular formula is C18H23N3O3S2. The van der Waals surface area contributed by atoms with Gasteiger partial charge in [0.05, 0.1) is 0 Å². The Kier molecular flexibility index (Phi) is 4.96. The number of nitrogens with zero attached hydrogens (tertiary/aromatic N) is 2. The summed E-state index contributed by atoms with van der Waals surface area (Å²) < 4.78 is 30.4. The molecule has 26 heavy (non-hydrogen) atoms. The average molecular weight is 394 g/mol. The van der Waals surface area contributed by atoms with E-state index in [9.17, 15) is 13.5 Å². The first-order valence-corrected chi connectivity index (χ1v) is 10.6. The molecule has 3 rings (SSSR count). The first kappa shape index (κ1) is 19.0. The molecular weight excluding hydrogens is 370 g/mol. The van der Waals surface area contributed by atoms with Gasteiger partial charge in [-0.15, -0.1) is 11.3 Å². The number of sulfonamides is 1. The number of aromatic nitrogens is 2. The standard InChI is InChI=1S/C18H23N3O3S2/c1-12(2)17-20-16(10-21(17)4)26(23,24)19-11-18(3,22)15-9-13-7-5-6-8-14(13)25-15/h5-10,12,19,22H,11H2,1-4H3. The number of aryl methyl sites for hydroxylation is 1. The summed E-state index contributed by atoms with van der Waals surface area (Å²) in [6, 6.07) is 9.71. The van der Waals surface area contributed by atoms with Crippen LogP contribution in [0.25, 0.3) is 10.1 Å². The Morgan fingerprint density at radius 1 is 1.35 bits per heavy atom. The first-order chi connectivity index (χ1) is 12.1. The van der Waals surface area contributed by atoms with Crippen molar-refractivity contribution in [2.45, 2.75) is 37.3 Å². The fourth-order valence-corrected chi connectivity index (χ4v) is 5.00. The molecule has 3 aromatic rings. The van der Waals surface area contributed by atoms with Crippen LogP contribution in [-0.2, 0) is 22.7 Å². The van der Waals surface area contributed by atoms with Gasteiger partial charge >= 0.3 is 0 Å². The van der Waals surface area contributed by atoms with Crippen molar-refractivity contribution in [3.8, 4) is 0 Å². The molecule has 0 radical (unpaired) electrons. The molecule has 0 aliphatic carbocycles. The number of fused-ring (bicyclic) bond motifs is 1. The quantitative estimate of drug-likeness (QED) is 0.674. The second-order valence-electron chi connectivity index (χ2n) is 6.95. The van der Waals surface area contributed by atoms with Gasteiger partial charge < -0.3 is 9.67 Å². The lowest BCUT2D eigenvalue weighted by atomic mass is 10.1. The van der Waals surface area contributed by atoms with Crippen LogP contribution >= 0.6 is 11.3 Å². The van der Waals surface area contributed by atoms with Gasteiger partial charge in [-0.05, 0) is 24.4 Å². The van der Waals surface area contributed by atoms with Crippen LogP contribution in [0.3, 0.4) is 0 Å². The monoisotopic (exact) mass is 393 g/mol. The van der Waals surface area contributed by atoms with Crippen molar-refractivity contribution in [3.63, 3.8) is 0 Å². The van der Waals surface area contributed by atoms with Crippen LogP contribution in [0.5, 0.6) is 0 Å². The third-order valence-electron chi connectivity index (χ3n) is 4.24. The molecule has 0 bridgehead atoms. The van der Waals surface area contributed by atoms with E-state index in [-0.39, 0.29) is 17.5 Å². The molecule has 2 heterocycles. The summed E-state index contributed by atoms with van der Waals surface area (Å²) in [6.07, 6.45) is 1.49. The number of aliphatic hydroxyl groups is 1. The summed E-state index contributed by atoms with van der Waals surface area (Å²) in [5, 5.41) is 11.8. The summed E-state index contributed by atoms with van der Waals surface area (Å²) in [5.41, 5.74) is -1.31. The molecule has 140 valence electrons. The van der Waals surface area contributed by atoms with E-state index in [0.717, 1.165) is 10.1 Å². The van der Waals surface area contributed by atoms with Gasteiger partial charge in [0.1, 0.15) is 11.4 Å². The highest BCUT2D eigenvalue weighted by atomic mass is 32.2. The van der Waals surface area contributed by atoms with Crippen LogP contribution in [0.2, 0.25) is 0 Å². The van der Waals surface area contributed by atoms with Crippen LogP contribution in [0.4, 0.5) is 0 Å². The maximum absolute atomic E-state index is 12.6. The van der Waals surface area contributed by atoms with E-state index in [1.807, 2.05) is 44.2 Å². The van der Waals surface area contributed by atoms with Crippen molar-refractivity contribution >= 4 is 31.4 Å². The van der Waals surface area contributed by atoms with Crippen LogP contribution < -0.4 is 4.72 Å². The molecule has 0 spiro atoms. The zero-order chi connectivity index (χ0) is 19.1. The molecule has 0 saturated carbocycles. The second-order valence-corrected chi connectivity index (χ2v) is 9.75. The summed E-state index contributed by atoms with van der Waals surface area (Å²) in [6.45, 7) is 5.39. The Hall–Kier alpha value is -1.74. The Bertz CT molecular complexity index is 1000. The van der Waals surface area contributed by atoms with Crippen molar-refractivity contribution in [2.75, 3.05) is 6.54 Å². The number of rotatable bonds is 6. The van der Waals surface area contributed by atoms with Crippen molar-refractivity contribution in [1.29, 1.82) is 0 Å². The number of nitrogens with one attached hydrogen (secondary N) is 1. The third kappa shape index (κ3) is 3.68. The molecule has 0 aliphatic heterocycles. The van der Waals surface area contributed by atoms with Gasteiger partial charge in [-0.3, -0.25) is 0 Å². The molecule has 0 fully saturated rings. The van der Waals surface area contributed by atoms with Gasteiger partial charge in [0.15, 0.2) is 5.03 Å². The van der Waals surface area contributed by atoms with Gasteiger partial charge in [0, 0.05) is 35.3 Å². The van der Waals surface area contributed by atoms with Gasteiger partial charge in [-0.1, -0.05) is 32.0 Å². The van der Waals surface area contributed by atoms with Crippen LogP contribution in [-0.4, -0.2) is 29.6 Å². The number of thiophene rings is 1. The van der Waals surface area contributed by atoms with Crippen LogP contribution in [0, 0.1) is 0 Å². The molecule has 8 heteroatoms. The SMILES string of the molecule is CC(C)c1nc(S(=O)(=O)NCC(C)(O)c2cc3ccccc3s2)cn1C. The van der Waals surface area contributed by atoms with E-state index < -0.39 is 15.6 Å². The molecule has 2 aromatic heterocycles. The Balaban J connectivity index is 1.80. The lowest BCUT2D eigenvalue weighted by Gasteiger charge is -2.21. The highest BCUT2D eigenvalue weighted by Crippen LogP contribution is 2.33. The number of benzene rings is 1. The Morgan fingerprint density at radius 2 is 2.04 bits per heavy atom. The number of imidazole rings is 1. The molecule has 0 saturated heterocycles. The lowest BCUT2D eigenvalue weighted by molar-refractivity contribution is 0.0666. The Morgan fingerprint density at radius 3 is 2.65 bits per heavy atom. The van der Waals surface area contributed by atoms with Crippen molar-refractivity contribution in [3.05, 3.63) is 47.2 Å². The maximum Gasteiger partial charge on any atom is 0.259 e. The number of hydrogen-bond donors (Lipinski definition) is 2. The molecule has 0 amide bonds. The van der Waals surface area contributed by atoms with Crippen LogP contribution in [0.1, 0.15) is 37.4 Å². The topological polar surface area (TPSA) is 84.2 Å². The highest BCUT2D eigenvalue weighted by Gasteiger charge is 2.29. The minimum Gasteiger partial charge on any atom is -0.383 e. The van der Waals surface area contributed by atoms with Gasteiger partial charge in [-0.2, -0.15) is 0 Å². The van der Waals surface area contributed by atoms with E-state index >= 15 is 0 Å². The lowest BCUT2D eigenvalue weighted by Crippen LogP contribution is -2.38. The smallest absolute Gasteiger partial charge is 0.259 e. The highest BCUT2D eigenvalue weighted by molar-refractivity contribution is 7.89. The maximum atomic E-state index is 12.6. The van der Waals surface area contributed by atoms with E-state index in [1.54, 1.807) is 18.5 Å². The fourth-order valence-electron chi connectivity index (χ4n) is 2.76. The predicted molar refractivity (Wildman–Crippen MR) is 104 cm³/mol. The zero-order valence-corrected chi connectivity index (χ0v) is 16.9. The van der Waals surface area contributed by atoms with E-state index in [2.05, 4.69) is 9.71 Å². The first-order valence-electron chi connectivity index (χ1n) is 8.34. The second kappa shape index (κ2) is 6.77. The third-order valence-corrected chi connectivity index (χ3v) is 6.89. The van der Waals surface area contributed by atoms with Crippen LogP contribution in [0.15, 0.2) is 41.6 Å². The minimum atomic E-state index is -3.80. The minimum absolute atomic E-state index is 0.0316. The summed E-state index contributed by atoms with van der Waals surface area (Å²) in [7, 11) is -2.03. The fraction of sp³-hybridized carbons (Fsp3) is 0.389. The summed E-state index contributed by atoms with van der Waals surface area (Å²) >= 11 is 1.46. The van der Waals surface area contributed by atoms with E-state index in [4.69, 9.17) is 0 Å². The molecule has 6 nitrogen and oxygen atoms in total. The van der Waals surface area contributed by atoms with Gasteiger partial charge in [0.2, 0.25) is 0 Å². The normalized spacial score (nSPS) is 14.8. The zero-order valence-electron chi connectivity index (χ0n) is 15.2. The van der Waals surface area contributed by atoms with Crippen molar-refractivity contribution < 1.29 is 13.5 Å². The summed E-state index contributed by atoms with van der Waals surface area (Å²) in [4.78, 5) is 4.94. The average Bonchev–Trinajstić information content (AvgIpc) is 3.17. The molecule has 2 N–H and O–H groups in total. The van der Waals surface area contributed by atoms with Crippen molar-refractivity contribution in [2.24, 2.45) is 7.05 Å². The molecule has 0 aliphatic rings. The van der Waals surface area contributed by atoms with Crippen molar-refractivity contribution in [1.82, 2.24) is 14.3 Å². The molecule has 1 unspecified atom stereocenters. The Labute approximate surface area is 157 Å². The molecule has 1 aromatic carbocycles.